The summed E-state index contributed by atoms with van der Waals surface area (Å²) in [6.07, 6.45) is 10.7. The number of aromatic hydroxyl groups is 1. The highest BCUT2D eigenvalue weighted by Crippen LogP contribution is 2.38. The molecule has 3 atom stereocenters. The van der Waals surface area contributed by atoms with Crippen LogP contribution in [0.25, 0.3) is 0 Å². The Morgan fingerprint density at radius 2 is 1.84 bits per heavy atom. The number of nitrogens with one attached hydrogen (secondary N) is 1. The van der Waals surface area contributed by atoms with Gasteiger partial charge in [0.25, 0.3) is 0 Å². The summed E-state index contributed by atoms with van der Waals surface area (Å²) in [7, 11) is 1.72. The lowest BCUT2D eigenvalue weighted by Gasteiger charge is -2.41. The quantitative estimate of drug-likeness (QED) is 0.402. The second-order valence-electron chi connectivity index (χ2n) is 11.3. The van der Waals surface area contributed by atoms with Gasteiger partial charge >= 0.3 is 0 Å². The van der Waals surface area contributed by atoms with E-state index in [-0.39, 0.29) is 18.2 Å². The number of ether oxygens (including phenoxy) is 1. The monoisotopic (exact) mass is 504 g/mol. The van der Waals surface area contributed by atoms with Gasteiger partial charge in [0, 0.05) is 24.7 Å². The van der Waals surface area contributed by atoms with Gasteiger partial charge in [0.1, 0.15) is 11.5 Å². The van der Waals surface area contributed by atoms with Crippen LogP contribution in [0.2, 0.25) is 0 Å². The van der Waals surface area contributed by atoms with Crippen LogP contribution >= 0.6 is 0 Å². The van der Waals surface area contributed by atoms with Gasteiger partial charge in [-0.1, -0.05) is 43.3 Å². The number of fused-ring (bicyclic) bond motifs is 1. The number of phenolic OH excluding ortho intramolecular Hbond substituents is 1. The molecule has 0 saturated carbocycles. The summed E-state index contributed by atoms with van der Waals surface area (Å²) in [5, 5.41) is 23.5. The first kappa shape index (κ1) is 27.4. The number of allylic oxidation sites excluding steroid dienone is 1. The second kappa shape index (κ2) is 12.3. The van der Waals surface area contributed by atoms with Crippen molar-refractivity contribution >= 4 is 0 Å². The number of methoxy groups -OCH3 is 1. The summed E-state index contributed by atoms with van der Waals surface area (Å²) in [5.41, 5.74) is 5.26. The highest BCUT2D eigenvalue weighted by Gasteiger charge is 2.35. The van der Waals surface area contributed by atoms with E-state index in [9.17, 15) is 10.2 Å². The Balaban J connectivity index is 1.52. The highest BCUT2D eigenvalue weighted by molar-refractivity contribution is 5.37. The minimum absolute atomic E-state index is 0.0690. The molecule has 0 fully saturated rings. The van der Waals surface area contributed by atoms with Crippen molar-refractivity contribution in [3.05, 3.63) is 88.7 Å². The van der Waals surface area contributed by atoms with Gasteiger partial charge in [-0.05, 0) is 104 Å². The second-order valence-corrected chi connectivity index (χ2v) is 11.3. The van der Waals surface area contributed by atoms with Gasteiger partial charge < -0.3 is 20.3 Å². The van der Waals surface area contributed by atoms with Crippen LogP contribution in [0.3, 0.4) is 0 Å². The van der Waals surface area contributed by atoms with Crippen molar-refractivity contribution in [1.82, 2.24) is 10.2 Å². The molecule has 2 unspecified atom stereocenters. The van der Waals surface area contributed by atoms with E-state index in [1.807, 2.05) is 6.07 Å². The van der Waals surface area contributed by atoms with Crippen molar-refractivity contribution < 1.29 is 14.9 Å². The molecule has 0 amide bonds. The molecule has 0 spiro atoms. The first-order valence-electron chi connectivity index (χ1n) is 13.7. The average molecular weight is 505 g/mol. The van der Waals surface area contributed by atoms with Gasteiger partial charge in [0.15, 0.2) is 0 Å². The van der Waals surface area contributed by atoms with Crippen molar-refractivity contribution in [2.45, 2.75) is 64.6 Å². The smallest absolute Gasteiger partial charge is 0.116 e. The van der Waals surface area contributed by atoms with E-state index in [0.29, 0.717) is 24.1 Å². The highest BCUT2D eigenvalue weighted by atomic mass is 16.5. The molecule has 4 rings (SSSR count). The maximum Gasteiger partial charge on any atom is 0.116 e. The number of aliphatic hydroxyl groups excluding tert-OH is 1. The van der Waals surface area contributed by atoms with Gasteiger partial charge in [-0.2, -0.15) is 0 Å². The molecule has 200 valence electrons. The van der Waals surface area contributed by atoms with E-state index >= 15 is 0 Å². The zero-order valence-corrected chi connectivity index (χ0v) is 22.9. The van der Waals surface area contributed by atoms with Crippen LogP contribution in [-0.4, -0.2) is 53.5 Å². The molecule has 0 heterocycles. The van der Waals surface area contributed by atoms with Gasteiger partial charge in [0.05, 0.1) is 13.7 Å². The summed E-state index contributed by atoms with van der Waals surface area (Å²) in [4.78, 5) is 2.40. The van der Waals surface area contributed by atoms with Crippen LogP contribution in [-0.2, 0) is 30.5 Å². The Morgan fingerprint density at radius 1 is 1.08 bits per heavy atom. The molecule has 0 aromatic heterocycles. The van der Waals surface area contributed by atoms with Crippen molar-refractivity contribution in [2.75, 3.05) is 26.8 Å². The number of hydrogen-bond acceptors (Lipinski definition) is 5. The number of likely N-dealkylation sites (N-methyl/N-ethyl adjacent to an activating group) is 1. The molecule has 2 aromatic carbocycles. The molecule has 0 radical (unpaired) electrons. The van der Waals surface area contributed by atoms with E-state index in [2.05, 4.69) is 79.5 Å². The predicted molar refractivity (Wildman–Crippen MR) is 151 cm³/mol. The lowest BCUT2D eigenvalue weighted by atomic mass is 9.72. The third kappa shape index (κ3) is 7.04. The maximum absolute atomic E-state index is 10.0. The Morgan fingerprint density at radius 3 is 2.54 bits per heavy atom. The van der Waals surface area contributed by atoms with E-state index < -0.39 is 0 Å². The number of phenols is 1. The summed E-state index contributed by atoms with van der Waals surface area (Å²) in [5.74, 6) is 2.05. The van der Waals surface area contributed by atoms with Gasteiger partial charge in [-0.3, -0.25) is 4.90 Å². The van der Waals surface area contributed by atoms with Gasteiger partial charge in [-0.15, -0.1) is 0 Å². The lowest BCUT2D eigenvalue weighted by molar-refractivity contribution is 0.115. The predicted octanol–water partition coefficient (Wildman–Crippen LogP) is 5.01. The summed E-state index contributed by atoms with van der Waals surface area (Å²) in [6, 6.07) is 14.9. The van der Waals surface area contributed by atoms with Crippen LogP contribution < -0.4 is 5.32 Å². The van der Waals surface area contributed by atoms with Crippen molar-refractivity contribution in [1.29, 1.82) is 0 Å². The zero-order chi connectivity index (χ0) is 26.4. The maximum atomic E-state index is 10.0. The number of hydrogen-bond donors (Lipinski definition) is 3. The fourth-order valence-corrected chi connectivity index (χ4v) is 6.18. The first-order chi connectivity index (χ1) is 17.8. The summed E-state index contributed by atoms with van der Waals surface area (Å²) < 4.78 is 5.64. The molecule has 3 N–H and O–H groups in total. The Hall–Kier alpha value is -2.60. The summed E-state index contributed by atoms with van der Waals surface area (Å²) >= 11 is 0. The zero-order valence-electron chi connectivity index (χ0n) is 22.9. The fraction of sp³-hybridized carbons (Fsp3) is 0.500. The van der Waals surface area contributed by atoms with Crippen molar-refractivity contribution in [2.24, 2.45) is 11.8 Å². The molecule has 5 nitrogen and oxygen atoms in total. The van der Waals surface area contributed by atoms with E-state index in [0.717, 1.165) is 44.5 Å². The molecule has 37 heavy (non-hydrogen) atoms. The van der Waals surface area contributed by atoms with Crippen LogP contribution in [0.5, 0.6) is 5.75 Å². The molecule has 2 aliphatic rings. The van der Waals surface area contributed by atoms with Crippen LogP contribution in [0.1, 0.15) is 49.4 Å². The third-order valence-electron chi connectivity index (χ3n) is 7.97. The van der Waals surface area contributed by atoms with Crippen LogP contribution in [0.4, 0.5) is 0 Å². The van der Waals surface area contributed by atoms with Gasteiger partial charge in [-0.25, -0.2) is 0 Å². The standard InChI is InChI=1S/C32H44N2O3/c1-5-33-32(2,3)21-23-6-8-24(9-7-23)22-34(16-17-35)31-20-29(37-4)14-15-30(31)27-11-10-26-19-28(36)13-12-25(26)18-27/h6-9,12-15,19-20,27,30-31,33,35-36H,5,10-11,16-18,21-22H2,1-4H3/t27-,30?,31?/m1/s1. The SMILES string of the molecule is CCNC(C)(C)Cc1ccc(CN(CCO)C2C=C(OC)C=CC2[C@@H]2CCc3cc(O)ccc3C2)cc1. The number of rotatable bonds is 11. The minimum Gasteiger partial charge on any atom is -0.508 e. The Kier molecular flexibility index (Phi) is 9.12. The fourth-order valence-electron chi connectivity index (χ4n) is 6.18. The number of benzene rings is 2. The molecule has 2 aromatic rings. The number of aliphatic hydroxyl groups is 1. The van der Waals surface area contributed by atoms with Crippen molar-refractivity contribution in [3.63, 3.8) is 0 Å². The molecule has 0 bridgehead atoms. The van der Waals surface area contributed by atoms with Crippen LogP contribution in [0.15, 0.2) is 66.5 Å². The van der Waals surface area contributed by atoms with E-state index in [1.165, 1.54) is 22.3 Å². The van der Waals surface area contributed by atoms with Gasteiger partial charge in [0.2, 0.25) is 0 Å². The third-order valence-corrected chi connectivity index (χ3v) is 7.97. The number of nitrogens with zero attached hydrogens (tertiary/aromatic N) is 1. The molecule has 0 aliphatic heterocycles. The average Bonchev–Trinajstić information content (AvgIpc) is 2.88. The lowest BCUT2D eigenvalue weighted by Crippen LogP contribution is -2.44. The first-order valence-corrected chi connectivity index (χ1v) is 13.7. The Labute approximate surface area is 222 Å². The molecule has 0 saturated heterocycles. The molecular weight excluding hydrogens is 460 g/mol. The van der Waals surface area contributed by atoms with Crippen LogP contribution in [0, 0.1) is 11.8 Å². The normalized spacial score (nSPS) is 21.6. The Bertz CT molecular complexity index is 1090. The topological polar surface area (TPSA) is 65.0 Å². The van der Waals surface area contributed by atoms with E-state index in [1.54, 1.807) is 13.2 Å². The molecular formula is C32H44N2O3. The minimum atomic E-state index is 0.0690. The van der Waals surface area contributed by atoms with E-state index in [4.69, 9.17) is 4.74 Å². The molecule has 5 heteroatoms. The van der Waals surface area contributed by atoms with Crippen molar-refractivity contribution in [3.8, 4) is 5.75 Å². The number of aryl methyl sites for hydroxylation is 1. The summed E-state index contributed by atoms with van der Waals surface area (Å²) in [6.45, 7) is 9.10. The largest absolute Gasteiger partial charge is 0.508 e. The molecule has 2 aliphatic carbocycles.